The molecule has 0 bridgehead atoms. The third-order valence-corrected chi connectivity index (χ3v) is 6.36. The molecule has 152 valence electrons. The van der Waals surface area contributed by atoms with E-state index in [1.165, 1.54) is 17.8 Å². The molecular formula is C23H17FINO3S. The summed E-state index contributed by atoms with van der Waals surface area (Å²) in [4.78, 5) is 14.1. The number of rotatable bonds is 5. The molecule has 0 radical (unpaired) electrons. The first-order valence-electron chi connectivity index (χ1n) is 9.09. The van der Waals surface area contributed by atoms with E-state index in [2.05, 4.69) is 27.9 Å². The first-order valence-corrected chi connectivity index (χ1v) is 11.0. The van der Waals surface area contributed by atoms with Crippen LogP contribution in [0.1, 0.15) is 11.1 Å². The minimum atomic E-state index is -0.312. The van der Waals surface area contributed by atoms with Crippen LogP contribution in [0.2, 0.25) is 0 Å². The van der Waals surface area contributed by atoms with E-state index in [1.54, 1.807) is 31.4 Å². The number of nitrogens with one attached hydrogen (secondary N) is 1. The molecule has 0 aromatic heterocycles. The summed E-state index contributed by atoms with van der Waals surface area (Å²) in [5.41, 5.74) is 2.09. The first-order chi connectivity index (χ1) is 14.5. The number of methoxy groups -OCH3 is 1. The van der Waals surface area contributed by atoms with Crippen molar-refractivity contribution in [2.24, 2.45) is 0 Å². The Bertz CT molecular complexity index is 1150. The highest BCUT2D eigenvalue weighted by molar-refractivity contribution is 14.1. The number of hydrogen-bond acceptors (Lipinski definition) is 4. The molecule has 0 fully saturated rings. The maximum absolute atomic E-state index is 13.9. The van der Waals surface area contributed by atoms with Crippen LogP contribution in [0.15, 0.2) is 70.5 Å². The van der Waals surface area contributed by atoms with E-state index in [9.17, 15) is 9.18 Å². The molecule has 0 saturated heterocycles. The highest BCUT2D eigenvalue weighted by Crippen LogP contribution is 2.40. The van der Waals surface area contributed by atoms with Gasteiger partial charge in [-0.25, -0.2) is 4.39 Å². The summed E-state index contributed by atoms with van der Waals surface area (Å²) in [6, 6.07) is 17.9. The number of ether oxygens (including phenoxy) is 2. The summed E-state index contributed by atoms with van der Waals surface area (Å²) in [7, 11) is 1.55. The summed E-state index contributed by atoms with van der Waals surface area (Å²) >= 11 is 3.58. The maximum atomic E-state index is 13.9. The normalized spacial score (nSPS) is 14.2. The molecule has 1 aliphatic rings. The van der Waals surface area contributed by atoms with Crippen molar-refractivity contribution in [3.05, 3.63) is 86.1 Å². The van der Waals surface area contributed by atoms with Gasteiger partial charge < -0.3 is 14.8 Å². The van der Waals surface area contributed by atoms with Crippen LogP contribution in [0.25, 0.3) is 6.08 Å². The number of thioether (sulfide) groups is 1. The number of anilines is 1. The number of carbonyl (C=O) groups excluding carboxylic acids is 1. The Morgan fingerprint density at radius 2 is 1.90 bits per heavy atom. The van der Waals surface area contributed by atoms with Gasteiger partial charge in [-0.1, -0.05) is 42.1 Å². The number of fused-ring (bicyclic) bond motifs is 1. The molecule has 1 N–H and O–H groups in total. The van der Waals surface area contributed by atoms with E-state index in [4.69, 9.17) is 9.47 Å². The second-order valence-corrected chi connectivity index (χ2v) is 8.72. The predicted molar refractivity (Wildman–Crippen MR) is 125 cm³/mol. The number of benzene rings is 3. The molecule has 4 rings (SSSR count). The van der Waals surface area contributed by atoms with Crippen LogP contribution in [0.3, 0.4) is 0 Å². The lowest BCUT2D eigenvalue weighted by Crippen LogP contribution is -2.17. The molecule has 0 aliphatic carbocycles. The highest BCUT2D eigenvalue weighted by atomic mass is 127. The quantitative estimate of drug-likeness (QED) is 0.318. The molecule has 30 heavy (non-hydrogen) atoms. The van der Waals surface area contributed by atoms with Crippen molar-refractivity contribution >= 4 is 52.0 Å². The van der Waals surface area contributed by atoms with E-state index in [1.807, 2.05) is 36.4 Å². The van der Waals surface area contributed by atoms with Gasteiger partial charge in [0.25, 0.3) is 5.91 Å². The fourth-order valence-electron chi connectivity index (χ4n) is 2.98. The second-order valence-electron chi connectivity index (χ2n) is 6.48. The van der Waals surface area contributed by atoms with Gasteiger partial charge in [-0.15, -0.1) is 0 Å². The van der Waals surface area contributed by atoms with E-state index in [0.29, 0.717) is 22.0 Å². The fourth-order valence-corrected chi connectivity index (χ4v) is 4.71. The lowest BCUT2D eigenvalue weighted by atomic mass is 10.1. The van der Waals surface area contributed by atoms with Crippen molar-refractivity contribution in [2.75, 3.05) is 12.4 Å². The van der Waals surface area contributed by atoms with Crippen molar-refractivity contribution in [3.63, 3.8) is 0 Å². The average Bonchev–Trinajstić information content (AvgIpc) is 2.74. The highest BCUT2D eigenvalue weighted by Gasteiger charge is 2.21. The molecule has 3 aromatic carbocycles. The molecule has 4 nitrogen and oxygen atoms in total. The third kappa shape index (κ3) is 4.46. The number of halogens is 2. The number of hydrogen-bond donors (Lipinski definition) is 1. The van der Waals surface area contributed by atoms with Gasteiger partial charge in [0.1, 0.15) is 12.4 Å². The van der Waals surface area contributed by atoms with Crippen LogP contribution in [0, 0.1) is 9.39 Å². The van der Waals surface area contributed by atoms with Gasteiger partial charge in [0, 0.05) is 10.5 Å². The average molecular weight is 533 g/mol. The fraction of sp³-hybridized carbons (Fsp3) is 0.0870. The minimum absolute atomic E-state index is 0.0918. The SMILES string of the molecule is COc1cc(/C=C2\Sc3ccccc3NC2=O)cc(I)c1OCc1ccccc1F. The summed E-state index contributed by atoms with van der Waals surface area (Å²) < 4.78 is 26.0. The van der Waals surface area contributed by atoms with E-state index in [-0.39, 0.29) is 18.3 Å². The van der Waals surface area contributed by atoms with Gasteiger partial charge in [0.05, 0.1) is 21.3 Å². The van der Waals surface area contributed by atoms with Gasteiger partial charge in [0.2, 0.25) is 0 Å². The Hall–Kier alpha value is -2.52. The minimum Gasteiger partial charge on any atom is -0.493 e. The van der Waals surface area contributed by atoms with Gasteiger partial charge in [-0.05, 0) is 64.6 Å². The third-order valence-electron chi connectivity index (χ3n) is 4.46. The Morgan fingerprint density at radius 3 is 2.70 bits per heavy atom. The standard InChI is InChI=1S/C23H17FINO3S/c1-28-19-11-14(12-21-23(27)26-18-8-4-5-9-20(18)30-21)10-17(25)22(19)29-13-15-6-2-3-7-16(15)24/h2-12H,13H2,1H3,(H,26,27)/b21-12-. The molecule has 1 aliphatic heterocycles. The van der Waals surface area contributed by atoms with Crippen molar-refractivity contribution in [1.29, 1.82) is 0 Å². The van der Waals surface area contributed by atoms with Crippen LogP contribution < -0.4 is 14.8 Å². The Labute approximate surface area is 191 Å². The summed E-state index contributed by atoms with van der Waals surface area (Å²) in [5, 5.41) is 2.91. The zero-order valence-corrected chi connectivity index (χ0v) is 18.9. The summed E-state index contributed by atoms with van der Waals surface area (Å²) in [6.07, 6.45) is 1.82. The van der Waals surface area contributed by atoms with Crippen LogP contribution in [0.5, 0.6) is 11.5 Å². The molecule has 0 atom stereocenters. The first kappa shape index (κ1) is 20.7. The van der Waals surface area contributed by atoms with Gasteiger partial charge >= 0.3 is 0 Å². The zero-order valence-electron chi connectivity index (χ0n) is 15.9. The van der Waals surface area contributed by atoms with Crippen molar-refractivity contribution < 1.29 is 18.7 Å². The van der Waals surface area contributed by atoms with Crippen LogP contribution >= 0.6 is 34.4 Å². The van der Waals surface area contributed by atoms with Crippen LogP contribution in [-0.2, 0) is 11.4 Å². The monoisotopic (exact) mass is 533 g/mol. The number of para-hydroxylation sites is 1. The number of carbonyl (C=O) groups is 1. The molecule has 7 heteroatoms. The molecule has 1 heterocycles. The van der Waals surface area contributed by atoms with E-state index >= 15 is 0 Å². The van der Waals surface area contributed by atoms with Crippen molar-refractivity contribution in [1.82, 2.24) is 0 Å². The Balaban J connectivity index is 1.60. The molecular weight excluding hydrogens is 516 g/mol. The lowest BCUT2D eigenvalue weighted by Gasteiger charge is -2.18. The molecule has 0 saturated carbocycles. The van der Waals surface area contributed by atoms with Crippen LogP contribution in [0.4, 0.5) is 10.1 Å². The smallest absolute Gasteiger partial charge is 0.262 e. The van der Waals surface area contributed by atoms with Crippen molar-refractivity contribution in [3.8, 4) is 11.5 Å². The Kier molecular flexibility index (Phi) is 6.29. The maximum Gasteiger partial charge on any atom is 0.262 e. The largest absolute Gasteiger partial charge is 0.493 e. The van der Waals surface area contributed by atoms with Crippen molar-refractivity contribution in [2.45, 2.75) is 11.5 Å². The molecule has 0 unspecified atom stereocenters. The molecule has 1 amide bonds. The molecule has 3 aromatic rings. The topological polar surface area (TPSA) is 47.6 Å². The van der Waals surface area contributed by atoms with E-state index < -0.39 is 0 Å². The van der Waals surface area contributed by atoms with Crippen LogP contribution in [-0.4, -0.2) is 13.0 Å². The summed E-state index contributed by atoms with van der Waals surface area (Å²) in [6.45, 7) is 0.0918. The summed E-state index contributed by atoms with van der Waals surface area (Å²) in [5.74, 6) is 0.599. The molecule has 0 spiro atoms. The number of amides is 1. The lowest BCUT2D eigenvalue weighted by molar-refractivity contribution is -0.112. The van der Waals surface area contributed by atoms with Gasteiger partial charge in [-0.3, -0.25) is 4.79 Å². The van der Waals surface area contributed by atoms with Gasteiger partial charge in [-0.2, -0.15) is 0 Å². The Morgan fingerprint density at radius 1 is 1.13 bits per heavy atom. The van der Waals surface area contributed by atoms with Gasteiger partial charge in [0.15, 0.2) is 11.5 Å². The predicted octanol–water partition coefficient (Wildman–Crippen LogP) is 6.10. The second kappa shape index (κ2) is 9.09. The van der Waals surface area contributed by atoms with E-state index in [0.717, 1.165) is 19.7 Å². The zero-order chi connectivity index (χ0) is 21.1.